The van der Waals surface area contributed by atoms with Crippen LogP contribution in [0.2, 0.25) is 0 Å². The molecule has 0 aliphatic rings. The Morgan fingerprint density at radius 2 is 1.58 bits per heavy atom. The predicted molar refractivity (Wildman–Crippen MR) is 133 cm³/mol. The van der Waals surface area contributed by atoms with Gasteiger partial charge in [-0.1, -0.05) is 43.3 Å². The average Bonchev–Trinajstić information content (AvgIpc) is 2.79. The average molecular weight is 451 g/mol. The Balaban J connectivity index is 1.71. The number of hydrogen-bond donors (Lipinski definition) is 0. The molecule has 6 nitrogen and oxygen atoms in total. The maximum atomic E-state index is 12.9. The molecule has 0 unspecified atom stereocenters. The Morgan fingerprint density at radius 1 is 0.879 bits per heavy atom. The predicted octanol–water partition coefficient (Wildman–Crippen LogP) is 6.09. The van der Waals surface area contributed by atoms with E-state index in [4.69, 9.17) is 19.2 Å². The molecule has 0 fully saturated rings. The van der Waals surface area contributed by atoms with E-state index in [1.807, 2.05) is 75.4 Å². The van der Waals surface area contributed by atoms with E-state index in [9.17, 15) is 4.79 Å². The van der Waals surface area contributed by atoms with Crippen LogP contribution in [0.5, 0.6) is 0 Å². The number of hydrogen-bond acceptors (Lipinski definition) is 5. The van der Waals surface area contributed by atoms with Crippen molar-refractivity contribution in [2.24, 2.45) is 0 Å². The third-order valence-corrected chi connectivity index (χ3v) is 4.87. The number of para-hydroxylation sites is 1. The normalized spacial score (nSPS) is 11.5. The summed E-state index contributed by atoms with van der Waals surface area (Å²) < 4.78 is 16.7. The fourth-order valence-corrected chi connectivity index (χ4v) is 3.30. The fourth-order valence-electron chi connectivity index (χ4n) is 3.30. The van der Waals surface area contributed by atoms with E-state index in [0.29, 0.717) is 26.4 Å². The second-order valence-electron chi connectivity index (χ2n) is 8.79. The van der Waals surface area contributed by atoms with Crippen molar-refractivity contribution in [3.63, 3.8) is 0 Å². The van der Waals surface area contributed by atoms with E-state index in [0.717, 1.165) is 40.9 Å². The van der Waals surface area contributed by atoms with Crippen LogP contribution in [0.25, 0.3) is 22.2 Å². The number of anilines is 1. The van der Waals surface area contributed by atoms with Crippen molar-refractivity contribution >= 4 is 22.7 Å². The highest BCUT2D eigenvalue weighted by molar-refractivity contribution is 5.88. The molecule has 0 aliphatic heterocycles. The third-order valence-electron chi connectivity index (χ3n) is 4.87. The largest absolute Gasteiger partial charge is 0.443 e. The van der Waals surface area contributed by atoms with Crippen LogP contribution >= 0.6 is 0 Å². The number of carbonyl (C=O) groups is 1. The molecule has 1 heterocycles. The highest BCUT2D eigenvalue weighted by Crippen LogP contribution is 2.25. The van der Waals surface area contributed by atoms with Crippen LogP contribution in [0.1, 0.15) is 34.1 Å². The summed E-state index contributed by atoms with van der Waals surface area (Å²) in [5.41, 5.74) is 2.99. The first-order valence-corrected chi connectivity index (χ1v) is 11.5. The third kappa shape index (κ3) is 7.55. The summed E-state index contributed by atoms with van der Waals surface area (Å²) >= 11 is 0. The van der Waals surface area contributed by atoms with Crippen LogP contribution in [0.4, 0.5) is 10.5 Å². The molecule has 2 aromatic carbocycles. The molecule has 0 spiro atoms. The number of carbonyl (C=O) groups excluding carboxylic acids is 1. The Morgan fingerprint density at radius 3 is 2.27 bits per heavy atom. The van der Waals surface area contributed by atoms with Crippen molar-refractivity contribution in [3.8, 4) is 11.3 Å². The molecule has 0 saturated heterocycles. The van der Waals surface area contributed by atoms with Gasteiger partial charge in [0.05, 0.1) is 37.6 Å². The zero-order chi connectivity index (χ0) is 23.7. The van der Waals surface area contributed by atoms with Gasteiger partial charge in [-0.15, -0.1) is 0 Å². The van der Waals surface area contributed by atoms with Gasteiger partial charge in [0.25, 0.3) is 0 Å². The lowest BCUT2D eigenvalue weighted by Gasteiger charge is -2.27. The summed E-state index contributed by atoms with van der Waals surface area (Å²) in [6.45, 7) is 10.2. The first-order valence-electron chi connectivity index (χ1n) is 11.5. The van der Waals surface area contributed by atoms with Crippen LogP contribution in [0, 0.1) is 0 Å². The Kier molecular flexibility index (Phi) is 8.80. The lowest BCUT2D eigenvalue weighted by Crippen LogP contribution is -2.39. The SMILES string of the molecule is CCCOCCOCCN(C(=O)OC(C)(C)C)c1ccc(-c2ccc3ccccc3n2)cc1. The van der Waals surface area contributed by atoms with Gasteiger partial charge in [-0.25, -0.2) is 9.78 Å². The molecule has 33 heavy (non-hydrogen) atoms. The van der Waals surface area contributed by atoms with Crippen molar-refractivity contribution in [1.82, 2.24) is 4.98 Å². The molecular weight excluding hydrogens is 416 g/mol. The van der Waals surface area contributed by atoms with Crippen molar-refractivity contribution in [2.45, 2.75) is 39.7 Å². The molecule has 6 heteroatoms. The van der Waals surface area contributed by atoms with Gasteiger partial charge in [0.2, 0.25) is 0 Å². The van der Waals surface area contributed by atoms with E-state index < -0.39 is 11.7 Å². The maximum Gasteiger partial charge on any atom is 0.414 e. The number of amides is 1. The summed E-state index contributed by atoms with van der Waals surface area (Å²) in [6, 6.07) is 19.9. The molecule has 0 atom stereocenters. The fraction of sp³-hybridized carbons (Fsp3) is 0.407. The van der Waals surface area contributed by atoms with Crippen molar-refractivity contribution in [1.29, 1.82) is 0 Å². The number of benzene rings is 2. The topological polar surface area (TPSA) is 60.9 Å². The first kappa shape index (κ1) is 24.7. The molecule has 1 amide bonds. The maximum absolute atomic E-state index is 12.9. The molecule has 0 bridgehead atoms. The van der Waals surface area contributed by atoms with Gasteiger partial charge in [0.15, 0.2) is 0 Å². The second kappa shape index (κ2) is 11.8. The smallest absolute Gasteiger partial charge is 0.414 e. The lowest BCUT2D eigenvalue weighted by molar-refractivity contribution is 0.0447. The Labute approximate surface area is 196 Å². The van der Waals surface area contributed by atoms with E-state index in [2.05, 4.69) is 13.0 Å². The lowest BCUT2D eigenvalue weighted by atomic mass is 10.1. The molecule has 3 rings (SSSR count). The Bertz CT molecular complexity index is 1030. The number of nitrogens with zero attached hydrogens (tertiary/aromatic N) is 2. The van der Waals surface area contributed by atoms with Crippen LogP contribution in [-0.4, -0.2) is 49.7 Å². The van der Waals surface area contributed by atoms with Gasteiger partial charge in [0.1, 0.15) is 5.60 Å². The molecule has 0 N–H and O–H groups in total. The highest BCUT2D eigenvalue weighted by Gasteiger charge is 2.23. The molecule has 0 aliphatic carbocycles. The number of rotatable bonds is 10. The number of ether oxygens (including phenoxy) is 3. The summed E-state index contributed by atoms with van der Waals surface area (Å²) in [7, 11) is 0. The summed E-state index contributed by atoms with van der Waals surface area (Å²) in [5.74, 6) is 0. The second-order valence-corrected chi connectivity index (χ2v) is 8.79. The standard InChI is InChI=1S/C27H34N2O4/c1-5-17-31-19-20-32-18-16-29(26(30)33-27(2,3)4)23-13-10-22(11-14-23)25-15-12-21-8-6-7-9-24(21)28-25/h6-15H,5,16-20H2,1-4H3. The van der Waals surface area contributed by atoms with Gasteiger partial charge < -0.3 is 14.2 Å². The highest BCUT2D eigenvalue weighted by atomic mass is 16.6. The van der Waals surface area contributed by atoms with E-state index in [1.165, 1.54) is 0 Å². The monoisotopic (exact) mass is 450 g/mol. The number of pyridine rings is 1. The molecule has 0 radical (unpaired) electrons. The molecule has 3 aromatic rings. The van der Waals surface area contributed by atoms with Gasteiger partial charge in [-0.05, 0) is 51.5 Å². The Hall–Kier alpha value is -2.96. The zero-order valence-corrected chi connectivity index (χ0v) is 20.0. The van der Waals surface area contributed by atoms with Crippen molar-refractivity contribution in [3.05, 3.63) is 60.7 Å². The summed E-state index contributed by atoms with van der Waals surface area (Å²) in [6.07, 6.45) is 0.585. The first-order chi connectivity index (χ1) is 15.9. The number of aromatic nitrogens is 1. The molecular formula is C27H34N2O4. The van der Waals surface area contributed by atoms with Crippen LogP contribution < -0.4 is 4.90 Å². The van der Waals surface area contributed by atoms with Crippen LogP contribution in [-0.2, 0) is 14.2 Å². The van der Waals surface area contributed by atoms with Crippen molar-refractivity contribution in [2.75, 3.05) is 37.9 Å². The summed E-state index contributed by atoms with van der Waals surface area (Å²) in [5, 5.41) is 1.11. The number of fused-ring (bicyclic) bond motifs is 1. The van der Waals surface area contributed by atoms with Gasteiger partial charge >= 0.3 is 6.09 Å². The zero-order valence-electron chi connectivity index (χ0n) is 20.0. The van der Waals surface area contributed by atoms with Crippen molar-refractivity contribution < 1.29 is 19.0 Å². The van der Waals surface area contributed by atoms with Crippen LogP contribution in [0.3, 0.4) is 0 Å². The molecule has 0 saturated carbocycles. The molecule has 1 aromatic heterocycles. The minimum Gasteiger partial charge on any atom is -0.443 e. The van der Waals surface area contributed by atoms with Crippen LogP contribution in [0.15, 0.2) is 60.7 Å². The minimum atomic E-state index is -0.584. The van der Waals surface area contributed by atoms with Gasteiger partial charge in [0, 0.05) is 23.2 Å². The summed E-state index contributed by atoms with van der Waals surface area (Å²) in [4.78, 5) is 19.2. The minimum absolute atomic E-state index is 0.385. The quantitative estimate of drug-likeness (QED) is 0.350. The van der Waals surface area contributed by atoms with Gasteiger partial charge in [-0.2, -0.15) is 0 Å². The van der Waals surface area contributed by atoms with E-state index in [-0.39, 0.29) is 0 Å². The molecule has 176 valence electrons. The van der Waals surface area contributed by atoms with Gasteiger partial charge in [-0.3, -0.25) is 4.90 Å². The van der Waals surface area contributed by atoms with E-state index in [1.54, 1.807) is 4.90 Å². The van der Waals surface area contributed by atoms with E-state index >= 15 is 0 Å².